The fraction of sp³-hybridized carbons (Fsp3) is 0. The lowest BCUT2D eigenvalue weighted by molar-refractivity contribution is 0.669. The first-order valence-corrected chi connectivity index (χ1v) is 14.8. The van der Waals surface area contributed by atoms with E-state index in [1.165, 1.54) is 31.0 Å². The molecule has 0 saturated heterocycles. The van der Waals surface area contributed by atoms with Crippen LogP contribution in [0.2, 0.25) is 0 Å². The predicted molar refractivity (Wildman–Crippen MR) is 162 cm³/mol. The van der Waals surface area contributed by atoms with E-state index in [1.807, 2.05) is 12.1 Å². The van der Waals surface area contributed by atoms with Gasteiger partial charge in [-0.3, -0.25) is 0 Å². The van der Waals surface area contributed by atoms with Gasteiger partial charge in [0.25, 0.3) is 0 Å². The number of hydrogen-bond donors (Lipinski definition) is 0. The molecule has 0 amide bonds. The smallest absolute Gasteiger partial charge is 0.135 e. The number of nitrogens with zero attached hydrogens (tertiary/aromatic N) is 1. The van der Waals surface area contributed by atoms with E-state index < -0.39 is 10.0 Å². The van der Waals surface area contributed by atoms with E-state index in [0.29, 0.717) is 0 Å². The Morgan fingerprint density at radius 3 is 1.59 bits per heavy atom. The summed E-state index contributed by atoms with van der Waals surface area (Å²) in [6.45, 7) is 0. The second-order valence-corrected chi connectivity index (χ2v) is 12.8. The van der Waals surface area contributed by atoms with Crippen molar-refractivity contribution < 1.29 is 4.42 Å². The number of furan rings is 1. The Kier molecular flexibility index (Phi) is 4.94. The molecule has 0 saturated carbocycles. The van der Waals surface area contributed by atoms with Crippen LogP contribution in [0, 0.1) is 0 Å². The maximum absolute atomic E-state index is 6.17. The second kappa shape index (κ2) is 8.65. The van der Waals surface area contributed by atoms with Gasteiger partial charge in [0.05, 0.1) is 11.4 Å². The van der Waals surface area contributed by atoms with Crippen LogP contribution >= 0.6 is 10.0 Å². The molecule has 1 aliphatic heterocycles. The van der Waals surface area contributed by atoms with Gasteiger partial charge in [0.2, 0.25) is 0 Å². The van der Waals surface area contributed by atoms with Crippen LogP contribution in [0.15, 0.2) is 176 Å². The number of rotatable bonds is 3. The summed E-state index contributed by atoms with van der Waals surface area (Å²) in [7, 11) is -1.74. The minimum absolute atomic E-state index is 0.909. The molecule has 6 aromatic carbocycles. The SMILES string of the molecule is c1ccc(S2(c3ccccc3)c3ccccc3N(c3ccc4oc5ccccc5c4c3)c3ccccc32)cc1. The van der Waals surface area contributed by atoms with E-state index in [9.17, 15) is 0 Å². The standard InChI is InChI=1S/C36H25NOS/c1-3-13-27(14-4-1)39(28-15-5-2-6-16-28)35-21-11-8-18-31(35)37(32-19-9-12-22-36(32)39)26-23-24-34-30(25-26)29-17-7-10-20-33(29)38-34/h1-25H. The Morgan fingerprint density at radius 1 is 0.436 bits per heavy atom. The maximum Gasteiger partial charge on any atom is 0.135 e. The van der Waals surface area contributed by atoms with E-state index in [4.69, 9.17) is 4.42 Å². The maximum atomic E-state index is 6.17. The van der Waals surface area contributed by atoms with Gasteiger partial charge in [-0.25, -0.2) is 0 Å². The van der Waals surface area contributed by atoms with Crippen molar-refractivity contribution in [2.75, 3.05) is 4.90 Å². The van der Waals surface area contributed by atoms with E-state index in [-0.39, 0.29) is 0 Å². The molecule has 186 valence electrons. The zero-order chi connectivity index (χ0) is 25.8. The summed E-state index contributed by atoms with van der Waals surface area (Å²) in [6, 6.07) is 54.9. The topological polar surface area (TPSA) is 16.4 Å². The summed E-state index contributed by atoms with van der Waals surface area (Å²) in [4.78, 5) is 7.80. The molecule has 1 aliphatic rings. The largest absolute Gasteiger partial charge is 0.456 e. The molecular formula is C36H25NOS. The molecule has 0 N–H and O–H groups in total. The first kappa shape index (κ1) is 22.3. The normalized spacial score (nSPS) is 14.6. The molecule has 0 spiro atoms. The molecule has 7 aromatic rings. The van der Waals surface area contributed by atoms with Crippen LogP contribution in [-0.4, -0.2) is 0 Å². The molecule has 0 aliphatic carbocycles. The van der Waals surface area contributed by atoms with Crippen LogP contribution < -0.4 is 4.90 Å². The molecular weight excluding hydrogens is 494 g/mol. The zero-order valence-electron chi connectivity index (χ0n) is 21.2. The summed E-state index contributed by atoms with van der Waals surface area (Å²) >= 11 is 0. The van der Waals surface area contributed by atoms with E-state index >= 15 is 0 Å². The first-order chi connectivity index (χ1) is 19.4. The molecule has 8 rings (SSSR count). The Morgan fingerprint density at radius 2 is 0.949 bits per heavy atom. The summed E-state index contributed by atoms with van der Waals surface area (Å²) in [5.41, 5.74) is 5.38. The minimum Gasteiger partial charge on any atom is -0.456 e. The summed E-state index contributed by atoms with van der Waals surface area (Å²) in [5.74, 6) is 0. The molecule has 0 bridgehead atoms. The average Bonchev–Trinajstić information content (AvgIpc) is 3.39. The molecule has 0 radical (unpaired) electrons. The Labute approximate surface area is 229 Å². The highest BCUT2D eigenvalue weighted by Crippen LogP contribution is 2.79. The van der Waals surface area contributed by atoms with Gasteiger partial charge < -0.3 is 9.32 Å². The Hall–Kier alpha value is -4.73. The average molecular weight is 520 g/mol. The van der Waals surface area contributed by atoms with E-state index in [2.05, 4.69) is 144 Å². The molecule has 3 heteroatoms. The molecule has 39 heavy (non-hydrogen) atoms. The van der Waals surface area contributed by atoms with E-state index in [1.54, 1.807) is 0 Å². The predicted octanol–water partition coefficient (Wildman–Crippen LogP) is 10.7. The summed E-state index contributed by atoms with van der Waals surface area (Å²) < 4.78 is 6.17. The van der Waals surface area contributed by atoms with Crippen molar-refractivity contribution in [3.63, 3.8) is 0 Å². The highest BCUT2D eigenvalue weighted by atomic mass is 32.3. The van der Waals surface area contributed by atoms with E-state index in [0.717, 1.165) is 27.6 Å². The number of fused-ring (bicyclic) bond motifs is 5. The minimum atomic E-state index is -1.74. The Bertz CT molecular complexity index is 1890. The van der Waals surface area contributed by atoms with Crippen molar-refractivity contribution in [2.45, 2.75) is 19.6 Å². The molecule has 1 aromatic heterocycles. The third-order valence-electron chi connectivity index (χ3n) is 7.68. The first-order valence-electron chi connectivity index (χ1n) is 13.2. The lowest BCUT2D eigenvalue weighted by Crippen LogP contribution is -2.21. The fourth-order valence-corrected chi connectivity index (χ4v) is 10.2. The lowest BCUT2D eigenvalue weighted by atomic mass is 10.1. The number of anilines is 3. The second-order valence-electron chi connectivity index (χ2n) is 9.79. The third kappa shape index (κ3) is 3.17. The molecule has 0 unspecified atom stereocenters. The van der Waals surface area contributed by atoms with Crippen molar-refractivity contribution in [3.8, 4) is 0 Å². The van der Waals surface area contributed by atoms with Gasteiger partial charge in [0.15, 0.2) is 0 Å². The van der Waals surface area contributed by atoms with Crippen molar-refractivity contribution in [1.82, 2.24) is 0 Å². The monoisotopic (exact) mass is 519 g/mol. The van der Waals surface area contributed by atoms with Crippen LogP contribution in [0.4, 0.5) is 17.1 Å². The van der Waals surface area contributed by atoms with Gasteiger partial charge in [-0.15, -0.1) is 10.0 Å². The highest BCUT2D eigenvalue weighted by Gasteiger charge is 2.42. The van der Waals surface area contributed by atoms with Gasteiger partial charge in [-0.1, -0.05) is 78.9 Å². The van der Waals surface area contributed by atoms with Gasteiger partial charge in [0, 0.05) is 36.0 Å². The summed E-state index contributed by atoms with van der Waals surface area (Å²) in [6.07, 6.45) is 0. The number of para-hydroxylation sites is 3. The van der Waals surface area contributed by atoms with Crippen LogP contribution in [0.3, 0.4) is 0 Å². The van der Waals surface area contributed by atoms with Crippen molar-refractivity contribution in [2.24, 2.45) is 0 Å². The fourth-order valence-electron chi connectivity index (χ4n) is 6.07. The van der Waals surface area contributed by atoms with Crippen LogP contribution in [-0.2, 0) is 0 Å². The van der Waals surface area contributed by atoms with Crippen molar-refractivity contribution >= 4 is 49.0 Å². The molecule has 0 atom stereocenters. The van der Waals surface area contributed by atoms with Gasteiger partial charge in [-0.2, -0.15) is 0 Å². The number of hydrogen-bond acceptors (Lipinski definition) is 2. The quantitative estimate of drug-likeness (QED) is 0.231. The number of benzene rings is 6. The molecule has 2 heterocycles. The summed E-state index contributed by atoms with van der Waals surface area (Å²) in [5, 5.41) is 2.27. The van der Waals surface area contributed by atoms with Crippen LogP contribution in [0.5, 0.6) is 0 Å². The molecule has 0 fully saturated rings. The van der Waals surface area contributed by atoms with Gasteiger partial charge >= 0.3 is 0 Å². The lowest BCUT2D eigenvalue weighted by Gasteiger charge is -2.49. The van der Waals surface area contributed by atoms with Gasteiger partial charge in [-0.05, 0) is 72.8 Å². The van der Waals surface area contributed by atoms with Crippen molar-refractivity contribution in [3.05, 3.63) is 152 Å². The van der Waals surface area contributed by atoms with Crippen molar-refractivity contribution in [1.29, 1.82) is 0 Å². The van der Waals surface area contributed by atoms with Crippen LogP contribution in [0.1, 0.15) is 0 Å². The highest BCUT2D eigenvalue weighted by molar-refractivity contribution is 8.34. The van der Waals surface area contributed by atoms with Crippen LogP contribution in [0.25, 0.3) is 21.9 Å². The zero-order valence-corrected chi connectivity index (χ0v) is 22.0. The van der Waals surface area contributed by atoms with Gasteiger partial charge in [0.1, 0.15) is 11.2 Å². The molecule has 2 nitrogen and oxygen atoms in total. The Balaban J connectivity index is 1.47. The third-order valence-corrected chi connectivity index (χ3v) is 11.7.